The monoisotopic (exact) mass is 1390 g/mol. The summed E-state index contributed by atoms with van der Waals surface area (Å²) in [6, 6.07) is 61.3. The Morgan fingerprint density at radius 1 is 0.352 bits per heavy atom. The summed E-state index contributed by atoms with van der Waals surface area (Å²) in [6.45, 7) is 3.26. The number of pyridine rings is 4. The smallest absolute Gasteiger partial charge is 0.122 e. The first-order chi connectivity index (χ1) is 51.1. The van der Waals surface area contributed by atoms with Gasteiger partial charge in [0.2, 0.25) is 0 Å². The first-order valence-corrected chi connectivity index (χ1v) is 35.7. The zero-order chi connectivity index (χ0) is 73.4. The van der Waals surface area contributed by atoms with Gasteiger partial charge in [0.25, 0.3) is 0 Å². The highest BCUT2D eigenvalue weighted by molar-refractivity contribution is 5.98. The maximum absolute atomic E-state index is 7.48. The van der Waals surface area contributed by atoms with Gasteiger partial charge in [-0.1, -0.05) is 130 Å². The molecule has 105 heavy (non-hydrogen) atoms. The van der Waals surface area contributed by atoms with Crippen molar-refractivity contribution >= 4 is 112 Å². The molecular weight excluding hydrogens is 1300 g/mol. The van der Waals surface area contributed by atoms with Crippen molar-refractivity contribution in [2.75, 3.05) is 20.6 Å². The van der Waals surface area contributed by atoms with Crippen LogP contribution in [0, 0.1) is 33.5 Å². The summed E-state index contributed by atoms with van der Waals surface area (Å²) in [5.74, 6) is 1.78. The minimum atomic E-state index is 0.0433. The number of nitrogens with one attached hydrogen (secondary N) is 4. The Kier molecular flexibility index (Phi) is 25.7. The van der Waals surface area contributed by atoms with Crippen LogP contribution in [0.1, 0.15) is 116 Å². The Hall–Kier alpha value is -12.4. The molecule has 4 heterocycles. The highest BCUT2D eigenvalue weighted by Crippen LogP contribution is 2.40. The van der Waals surface area contributed by atoms with Gasteiger partial charge in [0.05, 0.1) is 45.5 Å². The third-order valence-corrected chi connectivity index (χ3v) is 18.1. The van der Waals surface area contributed by atoms with Crippen LogP contribution in [0.5, 0.6) is 0 Å². The molecule has 2 aliphatic carbocycles. The lowest BCUT2D eigenvalue weighted by Gasteiger charge is -2.10. The molecule has 0 atom stereocenters. The maximum Gasteiger partial charge on any atom is 0.122 e. The molecule has 4 aromatic heterocycles. The van der Waals surface area contributed by atoms with Crippen LogP contribution in [-0.2, 0) is 25.7 Å². The summed E-state index contributed by atoms with van der Waals surface area (Å²) < 4.78 is 0. The maximum atomic E-state index is 7.48. The summed E-state index contributed by atoms with van der Waals surface area (Å²) in [7, 11) is 4.18. The zero-order valence-corrected chi connectivity index (χ0v) is 59.7. The fourth-order valence-electron chi connectivity index (χ4n) is 11.8. The number of hydrogen-bond donors (Lipinski definition) is 8. The molecule has 2 saturated carbocycles. The van der Waals surface area contributed by atoms with Crippen molar-refractivity contribution in [3.8, 4) is 0 Å². The lowest BCUT2D eigenvalue weighted by atomic mass is 10.1. The van der Waals surface area contributed by atoms with Gasteiger partial charge in [-0.25, -0.2) is 0 Å². The lowest BCUT2D eigenvalue weighted by Crippen LogP contribution is -2.13. The van der Waals surface area contributed by atoms with Gasteiger partial charge in [0.15, 0.2) is 0 Å². The van der Waals surface area contributed by atoms with Crippen molar-refractivity contribution in [3.63, 3.8) is 0 Å². The molecule has 0 saturated heterocycles. The summed E-state index contributed by atoms with van der Waals surface area (Å²) >= 11 is 0. The van der Waals surface area contributed by atoms with E-state index in [9.17, 15) is 0 Å². The van der Waals surface area contributed by atoms with Gasteiger partial charge in [0, 0.05) is 90.1 Å². The Morgan fingerprint density at radius 3 is 0.933 bits per heavy atom. The molecule has 0 amide bonds. The van der Waals surface area contributed by atoms with Crippen molar-refractivity contribution < 1.29 is 0 Å². The molecule has 12 N–H and O–H groups in total. The van der Waals surface area contributed by atoms with Crippen molar-refractivity contribution in [1.82, 2.24) is 24.8 Å². The van der Waals surface area contributed by atoms with Crippen LogP contribution in [-0.4, -0.2) is 68.8 Å². The summed E-state index contributed by atoms with van der Waals surface area (Å²) in [5, 5.41) is 74.2. The average molecular weight is 1390 g/mol. The predicted octanol–water partition coefficient (Wildman–Crippen LogP) is 20.6. The van der Waals surface area contributed by atoms with Crippen LogP contribution in [0.25, 0.3) is 43.1 Å². The van der Waals surface area contributed by atoms with E-state index in [-0.39, 0.29) is 23.3 Å². The Labute approximate surface area is 612 Å². The van der Waals surface area contributed by atoms with E-state index in [1.807, 2.05) is 146 Å². The van der Waals surface area contributed by atoms with Gasteiger partial charge in [-0.05, 0) is 194 Å². The van der Waals surface area contributed by atoms with Gasteiger partial charge >= 0.3 is 0 Å². The van der Waals surface area contributed by atoms with E-state index >= 15 is 0 Å². The van der Waals surface area contributed by atoms with E-state index in [0.29, 0.717) is 22.3 Å². The number of benzene rings is 8. The van der Waals surface area contributed by atoms with E-state index in [2.05, 4.69) is 111 Å². The number of nitrogen functional groups attached to an aromatic ring is 4. The Morgan fingerprint density at radius 2 is 0.638 bits per heavy atom. The van der Waals surface area contributed by atoms with Gasteiger partial charge in [-0.3, -0.25) is 41.6 Å². The fourth-order valence-corrected chi connectivity index (χ4v) is 11.8. The molecule has 12 aromatic rings. The number of amidine groups is 4. The minimum Gasteiger partial charge on any atom is -0.384 e. The second-order valence-corrected chi connectivity index (χ2v) is 26.6. The first-order valence-electron chi connectivity index (χ1n) is 35.7. The topological polar surface area (TPSA) is 353 Å². The number of nitrogens with two attached hydrogens (primary N) is 4. The fraction of sp³-hybridized carbons (Fsp3) is 0.238. The highest BCUT2D eigenvalue weighted by atomic mass is 15.1. The van der Waals surface area contributed by atoms with Crippen molar-refractivity contribution in [1.29, 1.82) is 21.6 Å². The number of hydrogen-bond acceptors (Lipinski definition) is 17. The van der Waals surface area contributed by atoms with E-state index in [4.69, 9.17) is 44.6 Å². The summed E-state index contributed by atoms with van der Waals surface area (Å²) in [5.41, 5.74) is 35.0. The third kappa shape index (κ3) is 21.1. The predicted molar refractivity (Wildman–Crippen MR) is 426 cm³/mol. The van der Waals surface area contributed by atoms with E-state index in [1.165, 1.54) is 44.9 Å². The van der Waals surface area contributed by atoms with Crippen molar-refractivity contribution in [2.24, 2.45) is 75.7 Å². The van der Waals surface area contributed by atoms with E-state index < -0.39 is 0 Å². The molecule has 530 valence electrons. The number of rotatable bonds is 26. The molecule has 0 unspecified atom stereocenters. The number of unbranched alkanes of at least 4 members (excludes halogenated alkanes) is 3. The normalized spacial score (nSPS) is 12.8. The summed E-state index contributed by atoms with van der Waals surface area (Å²) in [4.78, 5) is 20.8. The van der Waals surface area contributed by atoms with Gasteiger partial charge in [0.1, 0.15) is 46.1 Å². The molecule has 0 aliphatic heterocycles. The van der Waals surface area contributed by atoms with Crippen LogP contribution in [0.15, 0.2) is 260 Å². The first kappa shape index (κ1) is 73.8. The van der Waals surface area contributed by atoms with Crippen LogP contribution in [0.4, 0.5) is 45.5 Å². The standard InChI is InChI=1S/C22H26N6.C21H21N5.C21H23N5.C20H19N5/c1-28(2)14-6-5-9-20-21(19-8-4-3-7-17(19)15-25-20)27-26-18-12-10-16(11-13-18)22(23)24;22-21(23)15-8-10-17(11-9-15)25-26-20-18-4-2-1-3-16(18)13-24-19(20)12-7-14-5-6-14;1-2-3-4-9-19-20(18-8-6-5-7-16(18)14-24-19)26-25-17-12-10-15(11-13-17)21(22)23;21-20(22)14-7-9-16(10-8-14)24-25-19-17-4-2-1-3-15(17)12-23-18(19)11-13-5-6-13/h3-4,7-8,10-13,15H,5-6,9,14H2,1-2H3,(H3,23,24);1-4,8-11,13-14H,5-7,12H2,(H3,22,23);5-8,10-14H,2-4,9H2,1H3,(H3,22,23);1-4,7-10,12-13H,5-6,11H2,(H3,21,22). The second-order valence-electron chi connectivity index (χ2n) is 26.6. The van der Waals surface area contributed by atoms with Gasteiger partial charge < -0.3 is 27.8 Å². The van der Waals surface area contributed by atoms with Crippen LogP contribution in [0.2, 0.25) is 0 Å². The molecule has 21 nitrogen and oxygen atoms in total. The molecule has 21 heteroatoms. The van der Waals surface area contributed by atoms with E-state index in [1.54, 1.807) is 48.5 Å². The molecule has 14 rings (SSSR count). The Balaban J connectivity index is 0.000000140. The van der Waals surface area contributed by atoms with Crippen LogP contribution >= 0.6 is 0 Å². The lowest BCUT2D eigenvalue weighted by molar-refractivity contribution is 0.394. The second kappa shape index (κ2) is 36.5. The number of aryl methyl sites for hydroxylation is 3. The van der Waals surface area contributed by atoms with Gasteiger partial charge in [-0.2, -0.15) is 20.5 Å². The number of nitrogens with zero attached hydrogens (tertiary/aromatic N) is 13. The van der Waals surface area contributed by atoms with Crippen LogP contribution in [0.3, 0.4) is 0 Å². The zero-order valence-electron chi connectivity index (χ0n) is 59.7. The minimum absolute atomic E-state index is 0.0433. The molecule has 0 bridgehead atoms. The van der Waals surface area contributed by atoms with Crippen LogP contribution < -0.4 is 22.9 Å². The molecule has 0 radical (unpaired) electrons. The molecular formula is C84H89N21. The third-order valence-electron chi connectivity index (χ3n) is 18.1. The summed E-state index contributed by atoms with van der Waals surface area (Å²) in [6.07, 6.45) is 23.4. The van der Waals surface area contributed by atoms with E-state index in [0.717, 1.165) is 175 Å². The number of aromatic nitrogens is 4. The average Bonchev–Trinajstić information content (AvgIpc) is 1.79. The largest absolute Gasteiger partial charge is 0.384 e. The van der Waals surface area contributed by atoms with Crippen molar-refractivity contribution in [3.05, 3.63) is 264 Å². The number of fused-ring (bicyclic) bond motifs is 4. The number of azo groups is 4. The quantitative estimate of drug-likeness (QED) is 0.0110. The highest BCUT2D eigenvalue weighted by Gasteiger charge is 2.25. The molecule has 8 aromatic carbocycles. The Bertz CT molecular complexity index is 5120. The van der Waals surface area contributed by atoms with Gasteiger partial charge in [-0.15, -0.1) is 20.5 Å². The SMILES string of the molecule is CCCCCc1ncc2ccccc2c1N=Nc1ccc(C(=N)N)cc1.CN(C)CCCCc1ncc2ccccc2c1N=Nc1ccc(C(=N)N)cc1.N=C(N)c1ccc(N=Nc2c(CC3CC3)ncc3ccccc23)cc1.N=C(N)c1ccc(N=Nc2c(CCC3CC3)ncc3ccccc23)cc1. The molecule has 0 spiro atoms. The molecule has 2 aliphatic rings. The van der Waals surface area contributed by atoms with Crippen molar-refractivity contribution in [2.45, 2.75) is 96.8 Å². The molecule has 2 fully saturated rings.